The molecule has 4 aromatic carbocycles. The third kappa shape index (κ3) is 13.8. The Morgan fingerprint density at radius 1 is 0.534 bits per heavy atom. The molecule has 4 unspecified atom stereocenters. The van der Waals surface area contributed by atoms with Gasteiger partial charge in [0.15, 0.2) is 6.29 Å². The van der Waals surface area contributed by atoms with Gasteiger partial charge in [0.25, 0.3) is 0 Å². The lowest BCUT2D eigenvalue weighted by molar-refractivity contribution is -0.0869. The predicted octanol–water partition coefficient (Wildman–Crippen LogP) is 9.10. The number of aryl methyl sites for hydroxylation is 1. The van der Waals surface area contributed by atoms with Crippen LogP contribution in [-0.4, -0.2) is 90.7 Å². The zero-order valence-corrected chi connectivity index (χ0v) is 35.4. The Hall–Kier alpha value is -3.96. The normalized spacial score (nSPS) is 17.4. The Morgan fingerprint density at radius 3 is 1.38 bits per heavy atom. The monoisotopic (exact) mass is 796 g/mol. The number of benzene rings is 4. The van der Waals surface area contributed by atoms with Gasteiger partial charge in [-0.2, -0.15) is 0 Å². The summed E-state index contributed by atoms with van der Waals surface area (Å²) in [6, 6.07) is 34.0. The van der Waals surface area contributed by atoms with E-state index in [9.17, 15) is 0 Å². The molecule has 9 heteroatoms. The summed E-state index contributed by atoms with van der Waals surface area (Å²) in [6.45, 7) is 18.9. The van der Waals surface area contributed by atoms with E-state index in [0.29, 0.717) is 52.9 Å². The highest BCUT2D eigenvalue weighted by Gasteiger charge is 2.26. The van der Waals surface area contributed by atoms with Crippen molar-refractivity contribution in [1.29, 1.82) is 0 Å². The average molecular weight is 797 g/mol. The van der Waals surface area contributed by atoms with Crippen molar-refractivity contribution in [3.63, 3.8) is 0 Å². The first-order chi connectivity index (χ1) is 28.1. The van der Waals surface area contributed by atoms with E-state index in [2.05, 4.69) is 107 Å². The number of epoxide rings is 2. The largest absolute Gasteiger partial charge is 0.491 e. The highest BCUT2D eigenvalue weighted by Crippen LogP contribution is 2.35. The van der Waals surface area contributed by atoms with Gasteiger partial charge in [0.2, 0.25) is 0 Å². The molecule has 314 valence electrons. The maximum atomic E-state index is 5.99. The van der Waals surface area contributed by atoms with Crippen LogP contribution < -0.4 is 14.2 Å². The minimum atomic E-state index is -0.396. The van der Waals surface area contributed by atoms with Crippen molar-refractivity contribution in [1.82, 2.24) is 0 Å². The zero-order chi connectivity index (χ0) is 40.8. The van der Waals surface area contributed by atoms with Crippen LogP contribution in [0.15, 0.2) is 97.1 Å². The Balaban J connectivity index is 0.758. The molecule has 0 radical (unpaired) electrons. The summed E-state index contributed by atoms with van der Waals surface area (Å²) in [5.74, 6) is 2.52. The fourth-order valence-electron chi connectivity index (χ4n) is 6.82. The first kappa shape index (κ1) is 43.6. The standard InChI is InChI=1S/C49H64O9/c1-36(8-7-9-38-10-12-39(13-11-38)48(3,4)40-14-20-43(21-15-40)54-32-46-34-56-46)52-30-28-50-26-27-51-29-31-53-37(2)58-45-24-18-42(19-25-45)49(5,6)41-16-22-44(23-17-41)55-33-47-35-57-47/h10-25,36-37,46-47H,7-9,26-35H2,1-6H3. The maximum Gasteiger partial charge on any atom is 0.197 e. The topological polar surface area (TPSA) is 89.7 Å². The predicted molar refractivity (Wildman–Crippen MR) is 227 cm³/mol. The van der Waals surface area contributed by atoms with Gasteiger partial charge >= 0.3 is 0 Å². The van der Waals surface area contributed by atoms with Gasteiger partial charge in [0, 0.05) is 10.8 Å². The molecule has 4 aromatic rings. The quantitative estimate of drug-likeness (QED) is 0.0333. The molecule has 9 nitrogen and oxygen atoms in total. The van der Waals surface area contributed by atoms with Gasteiger partial charge in [0.1, 0.15) is 42.7 Å². The fourth-order valence-corrected chi connectivity index (χ4v) is 6.82. The summed E-state index contributed by atoms with van der Waals surface area (Å²) < 4.78 is 51.3. The van der Waals surface area contributed by atoms with E-state index in [-0.39, 0.29) is 29.1 Å². The van der Waals surface area contributed by atoms with Crippen molar-refractivity contribution >= 4 is 0 Å². The fraction of sp³-hybridized carbons (Fsp3) is 0.510. The van der Waals surface area contributed by atoms with Crippen molar-refractivity contribution in [3.05, 3.63) is 125 Å². The summed E-state index contributed by atoms with van der Waals surface area (Å²) >= 11 is 0. The highest BCUT2D eigenvalue weighted by atomic mass is 16.7. The lowest BCUT2D eigenvalue weighted by Crippen LogP contribution is -2.21. The summed E-state index contributed by atoms with van der Waals surface area (Å²) in [6.07, 6.45) is 3.41. The van der Waals surface area contributed by atoms with Crippen LogP contribution in [-0.2, 0) is 45.7 Å². The third-order valence-electron chi connectivity index (χ3n) is 11.0. The van der Waals surface area contributed by atoms with Gasteiger partial charge in [-0.25, -0.2) is 0 Å². The van der Waals surface area contributed by atoms with Crippen LogP contribution in [0.5, 0.6) is 17.2 Å². The summed E-state index contributed by atoms with van der Waals surface area (Å²) in [5.41, 5.74) is 6.07. The van der Waals surface area contributed by atoms with E-state index in [1.165, 1.54) is 27.8 Å². The van der Waals surface area contributed by atoms with Gasteiger partial charge in [-0.05, 0) is 97.3 Å². The molecule has 0 aliphatic carbocycles. The van der Waals surface area contributed by atoms with Gasteiger partial charge in [-0.1, -0.05) is 88.4 Å². The summed E-state index contributed by atoms with van der Waals surface area (Å²) in [5, 5.41) is 0. The molecule has 0 saturated carbocycles. The molecule has 0 amide bonds. The molecule has 58 heavy (non-hydrogen) atoms. The minimum Gasteiger partial charge on any atom is -0.491 e. The van der Waals surface area contributed by atoms with Crippen LogP contribution in [0.3, 0.4) is 0 Å². The molecule has 6 rings (SSSR count). The molecule has 2 fully saturated rings. The lowest BCUT2D eigenvalue weighted by atomic mass is 9.78. The van der Waals surface area contributed by atoms with Crippen LogP contribution in [0.4, 0.5) is 0 Å². The lowest BCUT2D eigenvalue weighted by Gasteiger charge is -2.26. The second kappa shape index (κ2) is 21.3. The first-order valence-corrected chi connectivity index (χ1v) is 21.0. The molecule has 2 saturated heterocycles. The van der Waals surface area contributed by atoms with E-state index in [0.717, 1.165) is 49.7 Å². The van der Waals surface area contributed by atoms with Crippen LogP contribution in [0.25, 0.3) is 0 Å². The number of hydrogen-bond donors (Lipinski definition) is 0. The highest BCUT2D eigenvalue weighted by molar-refractivity contribution is 5.43. The number of ether oxygens (including phenoxy) is 9. The van der Waals surface area contributed by atoms with Gasteiger partial charge < -0.3 is 42.6 Å². The van der Waals surface area contributed by atoms with Crippen LogP contribution >= 0.6 is 0 Å². The second-order valence-electron chi connectivity index (χ2n) is 16.4. The van der Waals surface area contributed by atoms with Crippen molar-refractivity contribution in [3.8, 4) is 17.2 Å². The smallest absolute Gasteiger partial charge is 0.197 e. The van der Waals surface area contributed by atoms with Gasteiger partial charge in [-0.3, -0.25) is 0 Å². The number of hydrogen-bond acceptors (Lipinski definition) is 9. The Labute approximate surface area is 346 Å². The molecule has 0 aromatic heterocycles. The Kier molecular flexibility index (Phi) is 16.0. The summed E-state index contributed by atoms with van der Waals surface area (Å²) in [4.78, 5) is 0. The van der Waals surface area contributed by atoms with Gasteiger partial charge in [-0.15, -0.1) is 0 Å². The van der Waals surface area contributed by atoms with Gasteiger partial charge in [0.05, 0.1) is 59.0 Å². The SMILES string of the molecule is CC(CCCc1ccc(C(C)(C)c2ccc(OCC3CO3)cc2)cc1)OCCOCCOCCOC(C)Oc1ccc(C(C)(C)c2ccc(OCC3CO3)cc2)cc1. The van der Waals surface area contributed by atoms with Crippen molar-refractivity contribution < 1.29 is 42.6 Å². The van der Waals surface area contributed by atoms with Crippen LogP contribution in [0, 0.1) is 0 Å². The molecular formula is C49H64O9. The summed E-state index contributed by atoms with van der Waals surface area (Å²) in [7, 11) is 0. The molecule has 0 bridgehead atoms. The number of rotatable bonds is 27. The van der Waals surface area contributed by atoms with E-state index < -0.39 is 6.29 Å². The van der Waals surface area contributed by atoms with Crippen LogP contribution in [0.1, 0.15) is 82.2 Å². The third-order valence-corrected chi connectivity index (χ3v) is 11.0. The van der Waals surface area contributed by atoms with Crippen LogP contribution in [0.2, 0.25) is 0 Å². The zero-order valence-electron chi connectivity index (χ0n) is 35.4. The van der Waals surface area contributed by atoms with E-state index in [1.807, 2.05) is 31.2 Å². The minimum absolute atomic E-state index is 0.0960. The van der Waals surface area contributed by atoms with Crippen molar-refractivity contribution in [2.45, 2.75) is 96.2 Å². The first-order valence-electron chi connectivity index (χ1n) is 21.0. The maximum absolute atomic E-state index is 5.99. The molecule has 4 atom stereocenters. The second-order valence-corrected chi connectivity index (χ2v) is 16.4. The Morgan fingerprint density at radius 2 is 0.931 bits per heavy atom. The molecule has 0 spiro atoms. The molecule has 2 aliphatic rings. The van der Waals surface area contributed by atoms with E-state index in [1.54, 1.807) is 0 Å². The van der Waals surface area contributed by atoms with Crippen molar-refractivity contribution in [2.75, 3.05) is 66.1 Å². The molecule has 2 aliphatic heterocycles. The molecular weight excluding hydrogens is 733 g/mol. The average Bonchev–Trinajstić information content (AvgIpc) is 4.17. The Bertz CT molecular complexity index is 1760. The van der Waals surface area contributed by atoms with E-state index in [4.69, 9.17) is 42.6 Å². The molecule has 2 heterocycles. The van der Waals surface area contributed by atoms with Crippen molar-refractivity contribution in [2.24, 2.45) is 0 Å². The molecule has 0 N–H and O–H groups in total. The van der Waals surface area contributed by atoms with E-state index >= 15 is 0 Å².